The van der Waals surface area contributed by atoms with Gasteiger partial charge in [0, 0.05) is 23.5 Å². The van der Waals surface area contributed by atoms with Crippen LogP contribution in [0.3, 0.4) is 0 Å². The molecule has 0 fully saturated rings. The fourth-order valence-corrected chi connectivity index (χ4v) is 1.92. The number of rotatable bonds is 4. The van der Waals surface area contributed by atoms with Crippen molar-refractivity contribution in [2.24, 2.45) is 0 Å². The van der Waals surface area contributed by atoms with Gasteiger partial charge in [-0.3, -0.25) is 9.36 Å². The summed E-state index contributed by atoms with van der Waals surface area (Å²) in [5.41, 5.74) is 1.15. The number of amides is 1. The van der Waals surface area contributed by atoms with Gasteiger partial charge in [-0.05, 0) is 24.3 Å². The molecule has 0 bridgehead atoms. The van der Waals surface area contributed by atoms with Crippen LogP contribution in [-0.2, 0) is 0 Å². The number of hydrogen-bond acceptors (Lipinski definition) is 5. The minimum atomic E-state index is -0.232. The van der Waals surface area contributed by atoms with Gasteiger partial charge in [0.2, 0.25) is 0 Å². The molecule has 0 aliphatic carbocycles. The molecule has 1 N–H and O–H groups in total. The highest BCUT2D eigenvalue weighted by Crippen LogP contribution is 2.17. The molecule has 1 aromatic carbocycles. The van der Waals surface area contributed by atoms with E-state index in [0.29, 0.717) is 22.8 Å². The molecule has 22 heavy (non-hydrogen) atoms. The molecule has 110 valence electrons. The normalized spacial score (nSPS) is 10.2. The van der Waals surface area contributed by atoms with Crippen LogP contribution in [-0.4, -0.2) is 32.8 Å². The van der Waals surface area contributed by atoms with Crippen molar-refractivity contribution >= 4 is 11.6 Å². The fourth-order valence-electron chi connectivity index (χ4n) is 1.92. The van der Waals surface area contributed by atoms with Crippen LogP contribution in [0.25, 0.3) is 5.82 Å². The molecule has 0 atom stereocenters. The van der Waals surface area contributed by atoms with Crippen LogP contribution in [0, 0.1) is 0 Å². The second kappa shape index (κ2) is 6.04. The smallest absolute Gasteiger partial charge is 0.255 e. The van der Waals surface area contributed by atoms with E-state index in [2.05, 4.69) is 20.5 Å². The topological polar surface area (TPSA) is 81.9 Å². The van der Waals surface area contributed by atoms with Crippen molar-refractivity contribution in [1.29, 1.82) is 0 Å². The summed E-state index contributed by atoms with van der Waals surface area (Å²) in [6, 6.07) is 10.5. The molecule has 0 saturated heterocycles. The van der Waals surface area contributed by atoms with Crippen molar-refractivity contribution in [2.75, 3.05) is 12.4 Å². The van der Waals surface area contributed by atoms with E-state index < -0.39 is 0 Å². The van der Waals surface area contributed by atoms with Gasteiger partial charge >= 0.3 is 0 Å². The lowest BCUT2D eigenvalue weighted by Gasteiger charge is -2.08. The lowest BCUT2D eigenvalue weighted by atomic mass is 10.2. The van der Waals surface area contributed by atoms with Crippen LogP contribution in [0.5, 0.6) is 5.75 Å². The van der Waals surface area contributed by atoms with E-state index in [0.717, 1.165) is 0 Å². The number of ether oxygens (including phenoxy) is 1. The van der Waals surface area contributed by atoms with Crippen LogP contribution >= 0.6 is 0 Å². The molecular weight excluding hydrogens is 282 g/mol. The second-order valence-corrected chi connectivity index (χ2v) is 4.46. The number of anilines is 1. The predicted octanol–water partition coefficient (Wildman–Crippen LogP) is 1.92. The molecular formula is C15H13N5O2. The highest BCUT2D eigenvalue weighted by Gasteiger charge is 2.09. The van der Waals surface area contributed by atoms with Gasteiger partial charge in [-0.1, -0.05) is 6.07 Å². The van der Waals surface area contributed by atoms with E-state index >= 15 is 0 Å². The number of nitrogens with zero attached hydrogens (tertiary/aromatic N) is 4. The Balaban J connectivity index is 1.81. The molecule has 0 radical (unpaired) electrons. The quantitative estimate of drug-likeness (QED) is 0.795. The van der Waals surface area contributed by atoms with Gasteiger partial charge in [-0.25, -0.2) is 4.98 Å². The number of methoxy groups -OCH3 is 1. The van der Waals surface area contributed by atoms with Gasteiger partial charge in [0.15, 0.2) is 0 Å². The SMILES string of the molecule is COc1cccc(NC(=O)c2ccnc(-n3cnnc3)c2)c1. The van der Waals surface area contributed by atoms with Crippen LogP contribution in [0.4, 0.5) is 5.69 Å². The van der Waals surface area contributed by atoms with Gasteiger partial charge in [0.05, 0.1) is 7.11 Å². The lowest BCUT2D eigenvalue weighted by molar-refractivity contribution is 0.102. The Morgan fingerprint density at radius 2 is 2.00 bits per heavy atom. The minimum absolute atomic E-state index is 0.232. The predicted molar refractivity (Wildman–Crippen MR) is 80.1 cm³/mol. The summed E-state index contributed by atoms with van der Waals surface area (Å²) < 4.78 is 6.76. The average Bonchev–Trinajstić information content (AvgIpc) is 3.09. The third-order valence-electron chi connectivity index (χ3n) is 3.02. The average molecular weight is 295 g/mol. The van der Waals surface area contributed by atoms with Crippen molar-refractivity contribution in [1.82, 2.24) is 19.7 Å². The number of aromatic nitrogens is 4. The molecule has 7 heteroatoms. The Hall–Kier alpha value is -3.22. The van der Waals surface area contributed by atoms with E-state index in [1.54, 1.807) is 42.1 Å². The molecule has 0 unspecified atom stereocenters. The third kappa shape index (κ3) is 2.93. The molecule has 0 aliphatic rings. The third-order valence-corrected chi connectivity index (χ3v) is 3.02. The number of pyridine rings is 1. The molecule has 0 spiro atoms. The molecule has 2 heterocycles. The van der Waals surface area contributed by atoms with Crippen LogP contribution in [0.2, 0.25) is 0 Å². The molecule has 0 saturated carbocycles. The van der Waals surface area contributed by atoms with Gasteiger partial charge < -0.3 is 10.1 Å². The first kappa shape index (κ1) is 13.7. The second-order valence-electron chi connectivity index (χ2n) is 4.46. The van der Waals surface area contributed by atoms with E-state index in [4.69, 9.17) is 4.74 Å². The largest absolute Gasteiger partial charge is 0.497 e. The molecule has 7 nitrogen and oxygen atoms in total. The van der Waals surface area contributed by atoms with Crippen molar-refractivity contribution in [3.05, 3.63) is 60.8 Å². The molecule has 3 aromatic rings. The van der Waals surface area contributed by atoms with E-state index in [-0.39, 0.29) is 5.91 Å². The number of carbonyl (C=O) groups excluding carboxylic acids is 1. The Labute approximate surface area is 126 Å². The highest BCUT2D eigenvalue weighted by atomic mass is 16.5. The van der Waals surface area contributed by atoms with E-state index in [9.17, 15) is 4.79 Å². The fraction of sp³-hybridized carbons (Fsp3) is 0.0667. The lowest BCUT2D eigenvalue weighted by Crippen LogP contribution is -2.12. The van der Waals surface area contributed by atoms with Crippen LogP contribution < -0.4 is 10.1 Å². The van der Waals surface area contributed by atoms with Crippen molar-refractivity contribution in [2.45, 2.75) is 0 Å². The van der Waals surface area contributed by atoms with E-state index in [1.807, 2.05) is 12.1 Å². The first-order valence-corrected chi connectivity index (χ1v) is 6.53. The summed E-state index contributed by atoms with van der Waals surface area (Å²) in [5, 5.41) is 10.3. The maximum absolute atomic E-state index is 12.3. The zero-order valence-corrected chi connectivity index (χ0v) is 11.8. The van der Waals surface area contributed by atoms with Gasteiger partial charge in [-0.2, -0.15) is 0 Å². The summed E-state index contributed by atoms with van der Waals surface area (Å²) >= 11 is 0. The minimum Gasteiger partial charge on any atom is -0.497 e. The number of carbonyl (C=O) groups is 1. The Bertz CT molecular complexity index is 786. The highest BCUT2D eigenvalue weighted by molar-refractivity contribution is 6.04. The van der Waals surface area contributed by atoms with Crippen molar-refractivity contribution in [3.63, 3.8) is 0 Å². The Kier molecular flexibility index (Phi) is 3.78. The maximum atomic E-state index is 12.3. The summed E-state index contributed by atoms with van der Waals surface area (Å²) in [5.74, 6) is 1.02. The summed E-state index contributed by atoms with van der Waals surface area (Å²) in [4.78, 5) is 16.5. The number of nitrogens with one attached hydrogen (secondary N) is 1. The molecule has 3 rings (SSSR count). The van der Waals surface area contributed by atoms with Crippen molar-refractivity contribution in [3.8, 4) is 11.6 Å². The maximum Gasteiger partial charge on any atom is 0.255 e. The Morgan fingerprint density at radius 3 is 2.77 bits per heavy atom. The zero-order chi connectivity index (χ0) is 15.4. The molecule has 0 aliphatic heterocycles. The summed E-state index contributed by atoms with van der Waals surface area (Å²) in [6.45, 7) is 0. The van der Waals surface area contributed by atoms with Gasteiger partial charge in [-0.15, -0.1) is 10.2 Å². The summed E-state index contributed by atoms with van der Waals surface area (Å²) in [7, 11) is 1.58. The van der Waals surface area contributed by atoms with E-state index in [1.165, 1.54) is 12.7 Å². The standard InChI is InChI=1S/C15H13N5O2/c1-22-13-4-2-3-12(8-13)19-15(21)11-5-6-16-14(7-11)20-9-17-18-10-20/h2-10H,1H3,(H,19,21). The zero-order valence-electron chi connectivity index (χ0n) is 11.8. The number of benzene rings is 1. The molecule has 1 amide bonds. The van der Waals surface area contributed by atoms with Gasteiger partial charge in [0.25, 0.3) is 5.91 Å². The van der Waals surface area contributed by atoms with Crippen LogP contribution in [0.15, 0.2) is 55.2 Å². The molecule has 2 aromatic heterocycles. The first-order valence-electron chi connectivity index (χ1n) is 6.53. The number of hydrogen-bond donors (Lipinski definition) is 1. The first-order chi connectivity index (χ1) is 10.8. The Morgan fingerprint density at radius 1 is 1.18 bits per heavy atom. The monoisotopic (exact) mass is 295 g/mol. The van der Waals surface area contributed by atoms with Gasteiger partial charge in [0.1, 0.15) is 24.2 Å². The van der Waals surface area contributed by atoms with Crippen LogP contribution in [0.1, 0.15) is 10.4 Å². The summed E-state index contributed by atoms with van der Waals surface area (Å²) in [6.07, 6.45) is 4.61. The van der Waals surface area contributed by atoms with Crippen molar-refractivity contribution < 1.29 is 9.53 Å².